The topological polar surface area (TPSA) is 49.9 Å². The first-order valence-electron chi connectivity index (χ1n) is 8.69. The third-order valence-corrected chi connectivity index (χ3v) is 5.64. The average molecular weight is 330 g/mol. The van der Waals surface area contributed by atoms with Gasteiger partial charge in [-0.15, -0.1) is 0 Å². The van der Waals surface area contributed by atoms with Crippen LogP contribution in [0.5, 0.6) is 5.75 Å². The van der Waals surface area contributed by atoms with Gasteiger partial charge >= 0.3 is 0 Å². The highest BCUT2D eigenvalue weighted by molar-refractivity contribution is 5.78. The number of ether oxygens (including phenoxy) is 1. The quantitative estimate of drug-likeness (QED) is 0.832. The molecular formula is C19H26N2O3. The number of hydrogen-bond donors (Lipinski definition) is 0. The van der Waals surface area contributed by atoms with E-state index in [9.17, 15) is 9.59 Å². The Morgan fingerprint density at radius 1 is 1.33 bits per heavy atom. The van der Waals surface area contributed by atoms with Gasteiger partial charge < -0.3 is 14.5 Å². The Hall–Kier alpha value is -2.04. The largest absolute Gasteiger partial charge is 0.484 e. The van der Waals surface area contributed by atoms with Crippen LogP contribution in [0.15, 0.2) is 30.3 Å². The van der Waals surface area contributed by atoms with E-state index >= 15 is 0 Å². The van der Waals surface area contributed by atoms with Crippen LogP contribution in [0.3, 0.4) is 0 Å². The molecule has 1 aromatic rings. The SMILES string of the molecule is CN(CC12CCCC1N(C)C(=O)CC2)C(=O)COc1ccccc1. The number of hydrogen-bond acceptors (Lipinski definition) is 3. The number of carbonyl (C=O) groups is 2. The molecule has 5 nitrogen and oxygen atoms in total. The zero-order chi connectivity index (χ0) is 17.2. The molecule has 5 heteroatoms. The standard InChI is InChI=1S/C19H26N2O3/c1-20(18(23)13-24-15-7-4-3-5-8-15)14-19-11-6-9-16(19)21(2)17(22)10-12-19/h3-5,7-8,16H,6,9-14H2,1-2H3. The van der Waals surface area contributed by atoms with Crippen molar-refractivity contribution in [1.82, 2.24) is 9.80 Å². The minimum atomic E-state index is -0.0153. The van der Waals surface area contributed by atoms with Crippen molar-refractivity contribution in [3.63, 3.8) is 0 Å². The number of rotatable bonds is 5. The minimum Gasteiger partial charge on any atom is -0.484 e. The molecule has 2 amide bonds. The monoisotopic (exact) mass is 330 g/mol. The number of benzene rings is 1. The molecule has 1 saturated heterocycles. The smallest absolute Gasteiger partial charge is 0.260 e. The summed E-state index contributed by atoms with van der Waals surface area (Å²) in [5.74, 6) is 0.927. The molecule has 1 aliphatic carbocycles. The number of likely N-dealkylation sites (tertiary alicyclic amines) is 1. The molecule has 1 saturated carbocycles. The molecule has 3 rings (SSSR count). The van der Waals surface area contributed by atoms with Gasteiger partial charge in [-0.3, -0.25) is 9.59 Å². The number of nitrogens with zero attached hydrogens (tertiary/aromatic N) is 2. The van der Waals surface area contributed by atoms with E-state index in [1.165, 1.54) is 0 Å². The van der Waals surface area contributed by atoms with Gasteiger partial charge in [0.25, 0.3) is 5.91 Å². The molecule has 24 heavy (non-hydrogen) atoms. The van der Waals surface area contributed by atoms with Gasteiger partial charge in [0.15, 0.2) is 6.61 Å². The van der Waals surface area contributed by atoms with Gasteiger partial charge in [-0.25, -0.2) is 0 Å². The zero-order valence-electron chi connectivity index (χ0n) is 14.5. The summed E-state index contributed by atoms with van der Waals surface area (Å²) >= 11 is 0. The van der Waals surface area contributed by atoms with Gasteiger partial charge in [-0.2, -0.15) is 0 Å². The lowest BCUT2D eigenvalue weighted by Crippen LogP contribution is -2.55. The Morgan fingerprint density at radius 3 is 2.83 bits per heavy atom. The molecule has 0 bridgehead atoms. The van der Waals surface area contributed by atoms with Gasteiger partial charge in [-0.1, -0.05) is 24.6 Å². The lowest BCUT2D eigenvalue weighted by atomic mass is 9.74. The molecule has 2 fully saturated rings. The normalized spacial score (nSPS) is 26.2. The summed E-state index contributed by atoms with van der Waals surface area (Å²) in [6, 6.07) is 9.66. The second kappa shape index (κ2) is 6.83. The van der Waals surface area contributed by atoms with Crippen LogP contribution in [0, 0.1) is 5.41 Å². The molecule has 1 aliphatic heterocycles. The summed E-state index contributed by atoms with van der Waals surface area (Å²) < 4.78 is 5.57. The van der Waals surface area contributed by atoms with Crippen molar-refractivity contribution in [2.24, 2.45) is 5.41 Å². The second-order valence-corrected chi connectivity index (χ2v) is 7.13. The van der Waals surface area contributed by atoms with Crippen LogP contribution in [-0.4, -0.2) is 54.9 Å². The fraction of sp³-hybridized carbons (Fsp3) is 0.579. The molecule has 2 atom stereocenters. The maximum atomic E-state index is 12.4. The summed E-state index contributed by atoms with van der Waals surface area (Å²) in [5.41, 5.74) is 0.0554. The molecule has 2 unspecified atom stereocenters. The van der Waals surface area contributed by atoms with Crippen molar-refractivity contribution in [2.45, 2.75) is 38.1 Å². The molecule has 0 spiro atoms. The van der Waals surface area contributed by atoms with E-state index in [4.69, 9.17) is 4.74 Å². The molecule has 0 radical (unpaired) electrons. The number of carbonyl (C=O) groups excluding carboxylic acids is 2. The molecule has 2 aliphatic rings. The molecule has 1 aromatic carbocycles. The molecular weight excluding hydrogens is 304 g/mol. The van der Waals surface area contributed by atoms with Crippen molar-refractivity contribution in [3.05, 3.63) is 30.3 Å². The lowest BCUT2D eigenvalue weighted by Gasteiger charge is -2.46. The first-order chi connectivity index (χ1) is 11.5. The fourth-order valence-electron chi connectivity index (χ4n) is 4.32. The van der Waals surface area contributed by atoms with Gasteiger partial charge in [0.1, 0.15) is 5.75 Å². The summed E-state index contributed by atoms with van der Waals surface area (Å²) in [7, 11) is 3.75. The Bertz CT molecular complexity index is 604. The molecule has 1 heterocycles. The highest BCUT2D eigenvalue weighted by Crippen LogP contribution is 2.47. The maximum absolute atomic E-state index is 12.4. The maximum Gasteiger partial charge on any atom is 0.260 e. The van der Waals surface area contributed by atoms with E-state index in [1.54, 1.807) is 4.90 Å². The predicted molar refractivity (Wildman–Crippen MR) is 91.7 cm³/mol. The predicted octanol–water partition coefficient (Wildman–Crippen LogP) is 2.31. The number of likely N-dealkylation sites (N-methyl/N-ethyl adjacent to an activating group) is 1. The number of amides is 2. The van der Waals surface area contributed by atoms with Crippen LogP contribution in [0.2, 0.25) is 0 Å². The second-order valence-electron chi connectivity index (χ2n) is 7.13. The Kier molecular flexibility index (Phi) is 4.78. The average Bonchev–Trinajstić information content (AvgIpc) is 3.01. The van der Waals surface area contributed by atoms with Gasteiger partial charge in [-0.05, 0) is 31.4 Å². The summed E-state index contributed by atoms with van der Waals surface area (Å²) in [4.78, 5) is 28.1. The van der Waals surface area contributed by atoms with Gasteiger partial charge in [0.2, 0.25) is 5.91 Å². The van der Waals surface area contributed by atoms with Gasteiger partial charge in [0, 0.05) is 38.5 Å². The number of piperidine rings is 1. The summed E-state index contributed by atoms with van der Waals surface area (Å²) in [6.45, 7) is 0.752. The highest BCUT2D eigenvalue weighted by Gasteiger charge is 2.49. The van der Waals surface area contributed by atoms with Crippen molar-refractivity contribution in [2.75, 3.05) is 27.2 Å². The first-order valence-corrected chi connectivity index (χ1v) is 8.69. The van der Waals surface area contributed by atoms with E-state index in [-0.39, 0.29) is 29.9 Å². The van der Waals surface area contributed by atoms with Crippen LogP contribution >= 0.6 is 0 Å². The van der Waals surface area contributed by atoms with E-state index < -0.39 is 0 Å². The van der Waals surface area contributed by atoms with Crippen LogP contribution in [0.4, 0.5) is 0 Å². The van der Waals surface area contributed by atoms with E-state index in [2.05, 4.69) is 0 Å². The van der Waals surface area contributed by atoms with Crippen molar-refractivity contribution in [3.8, 4) is 5.75 Å². The number of fused-ring (bicyclic) bond motifs is 1. The van der Waals surface area contributed by atoms with E-state index in [0.29, 0.717) is 18.7 Å². The Morgan fingerprint density at radius 2 is 2.08 bits per heavy atom. The Balaban J connectivity index is 1.60. The highest BCUT2D eigenvalue weighted by atomic mass is 16.5. The van der Waals surface area contributed by atoms with E-state index in [1.807, 2.05) is 49.3 Å². The van der Waals surface area contributed by atoms with Crippen LogP contribution in [0.1, 0.15) is 32.1 Å². The minimum absolute atomic E-state index is 0.0153. The molecule has 130 valence electrons. The lowest BCUT2D eigenvalue weighted by molar-refractivity contribution is -0.142. The van der Waals surface area contributed by atoms with Crippen molar-refractivity contribution in [1.29, 1.82) is 0 Å². The zero-order valence-corrected chi connectivity index (χ0v) is 14.5. The Labute approximate surface area is 143 Å². The van der Waals surface area contributed by atoms with Crippen LogP contribution < -0.4 is 4.74 Å². The molecule has 0 aromatic heterocycles. The third-order valence-electron chi connectivity index (χ3n) is 5.64. The summed E-state index contributed by atoms with van der Waals surface area (Å²) in [5, 5.41) is 0. The van der Waals surface area contributed by atoms with Gasteiger partial charge in [0.05, 0.1) is 0 Å². The first kappa shape index (κ1) is 16.8. The van der Waals surface area contributed by atoms with Crippen molar-refractivity contribution < 1.29 is 14.3 Å². The number of para-hydroxylation sites is 1. The fourth-order valence-corrected chi connectivity index (χ4v) is 4.32. The molecule has 0 N–H and O–H groups in total. The summed E-state index contributed by atoms with van der Waals surface area (Å²) in [6.07, 6.45) is 4.75. The van der Waals surface area contributed by atoms with E-state index in [0.717, 1.165) is 25.7 Å². The third kappa shape index (κ3) is 3.25. The van der Waals surface area contributed by atoms with Crippen LogP contribution in [0.25, 0.3) is 0 Å². The van der Waals surface area contributed by atoms with Crippen LogP contribution in [-0.2, 0) is 9.59 Å². The van der Waals surface area contributed by atoms with Crippen molar-refractivity contribution >= 4 is 11.8 Å².